The van der Waals surface area contributed by atoms with E-state index in [1.807, 2.05) is 0 Å². The Morgan fingerprint density at radius 3 is 2.47 bits per heavy atom. The first-order valence-electron chi connectivity index (χ1n) is 5.92. The molecule has 0 aromatic rings. The van der Waals surface area contributed by atoms with Gasteiger partial charge in [0.15, 0.2) is 0 Å². The molecule has 6 nitrogen and oxygen atoms in total. The van der Waals surface area contributed by atoms with Gasteiger partial charge in [-0.3, -0.25) is 0 Å². The van der Waals surface area contributed by atoms with Gasteiger partial charge in [0, 0.05) is 26.6 Å². The van der Waals surface area contributed by atoms with Crippen LogP contribution in [0.4, 0.5) is 0 Å². The van der Waals surface area contributed by atoms with Crippen LogP contribution in [0.3, 0.4) is 0 Å². The van der Waals surface area contributed by atoms with E-state index in [9.17, 15) is 0 Å². The molecule has 6 heteroatoms. The molecule has 0 bridgehead atoms. The van der Waals surface area contributed by atoms with Crippen molar-refractivity contribution >= 4 is 5.84 Å². The van der Waals surface area contributed by atoms with Crippen molar-refractivity contribution in [2.24, 2.45) is 10.9 Å². The minimum absolute atomic E-state index is 0.278. The fourth-order valence-electron chi connectivity index (χ4n) is 1.49. The van der Waals surface area contributed by atoms with Crippen LogP contribution in [-0.2, 0) is 4.74 Å². The Kier molecular flexibility index (Phi) is 9.80. The Balaban J connectivity index is 3.87. The number of nitrogens with zero attached hydrogens (tertiary/aromatic N) is 3. The van der Waals surface area contributed by atoms with Crippen LogP contribution in [0.2, 0.25) is 0 Å². The standard InChI is InChI=1S/C11H26N4O2/c1-14(2)6-4-7-15(9-10-17-3)8-5-11(12)13-16/h16H,4-10H2,1-3H3,(H2,12,13). The molecular formula is C11H26N4O2. The van der Waals surface area contributed by atoms with Crippen molar-refractivity contribution in [3.05, 3.63) is 0 Å². The fourth-order valence-corrected chi connectivity index (χ4v) is 1.49. The molecule has 0 aliphatic rings. The monoisotopic (exact) mass is 246 g/mol. The highest BCUT2D eigenvalue weighted by Crippen LogP contribution is 1.96. The molecule has 0 radical (unpaired) electrons. The maximum atomic E-state index is 8.49. The molecule has 0 spiro atoms. The summed E-state index contributed by atoms with van der Waals surface area (Å²) in [6.07, 6.45) is 1.69. The topological polar surface area (TPSA) is 74.3 Å². The fraction of sp³-hybridized carbons (Fsp3) is 0.909. The van der Waals surface area contributed by atoms with E-state index in [2.05, 4.69) is 29.1 Å². The van der Waals surface area contributed by atoms with Gasteiger partial charge in [-0.2, -0.15) is 0 Å². The van der Waals surface area contributed by atoms with Gasteiger partial charge in [0.05, 0.1) is 6.61 Å². The molecular weight excluding hydrogens is 220 g/mol. The van der Waals surface area contributed by atoms with E-state index in [-0.39, 0.29) is 5.84 Å². The van der Waals surface area contributed by atoms with Gasteiger partial charge in [-0.15, -0.1) is 0 Å². The average molecular weight is 246 g/mol. The summed E-state index contributed by atoms with van der Waals surface area (Å²) in [5, 5.41) is 11.5. The number of ether oxygens (including phenoxy) is 1. The molecule has 0 fully saturated rings. The van der Waals surface area contributed by atoms with Crippen LogP contribution in [0.1, 0.15) is 12.8 Å². The van der Waals surface area contributed by atoms with E-state index in [0.29, 0.717) is 13.0 Å². The second-order valence-electron chi connectivity index (χ2n) is 4.33. The number of nitrogens with two attached hydrogens (primary N) is 1. The molecule has 0 amide bonds. The Labute approximate surface area is 104 Å². The van der Waals surface area contributed by atoms with Gasteiger partial charge in [-0.1, -0.05) is 5.16 Å². The van der Waals surface area contributed by atoms with Crippen molar-refractivity contribution in [1.29, 1.82) is 0 Å². The molecule has 0 aromatic carbocycles. The van der Waals surface area contributed by atoms with Crippen LogP contribution in [-0.4, -0.2) is 74.8 Å². The molecule has 0 aromatic heterocycles. The highest BCUT2D eigenvalue weighted by molar-refractivity contribution is 5.79. The lowest BCUT2D eigenvalue weighted by Crippen LogP contribution is -2.33. The zero-order valence-corrected chi connectivity index (χ0v) is 11.2. The normalized spacial score (nSPS) is 12.6. The Morgan fingerprint density at radius 1 is 1.24 bits per heavy atom. The minimum atomic E-state index is 0.278. The lowest BCUT2D eigenvalue weighted by Gasteiger charge is -2.22. The second-order valence-corrected chi connectivity index (χ2v) is 4.33. The first kappa shape index (κ1) is 16.1. The third kappa shape index (κ3) is 10.0. The van der Waals surface area contributed by atoms with Crippen LogP contribution < -0.4 is 5.73 Å². The van der Waals surface area contributed by atoms with Crippen molar-refractivity contribution < 1.29 is 9.94 Å². The molecule has 0 aliphatic carbocycles. The number of rotatable bonds is 10. The molecule has 0 saturated carbocycles. The number of amidine groups is 1. The van der Waals surface area contributed by atoms with Crippen LogP contribution in [0.15, 0.2) is 5.16 Å². The van der Waals surface area contributed by atoms with E-state index in [0.717, 1.165) is 32.6 Å². The van der Waals surface area contributed by atoms with E-state index in [4.69, 9.17) is 15.7 Å². The maximum Gasteiger partial charge on any atom is 0.140 e. The molecule has 3 N–H and O–H groups in total. The SMILES string of the molecule is COCCN(CCCN(C)C)CCC(N)=NO. The molecule has 17 heavy (non-hydrogen) atoms. The van der Waals surface area contributed by atoms with Crippen molar-refractivity contribution in [2.75, 3.05) is 54.0 Å². The van der Waals surface area contributed by atoms with Crippen molar-refractivity contribution in [3.8, 4) is 0 Å². The zero-order chi connectivity index (χ0) is 13.1. The van der Waals surface area contributed by atoms with Gasteiger partial charge >= 0.3 is 0 Å². The second kappa shape index (κ2) is 10.3. The Bertz CT molecular complexity index is 210. The molecule has 102 valence electrons. The van der Waals surface area contributed by atoms with E-state index in [1.54, 1.807) is 7.11 Å². The van der Waals surface area contributed by atoms with Crippen LogP contribution >= 0.6 is 0 Å². The average Bonchev–Trinajstić information content (AvgIpc) is 2.31. The number of hydrogen-bond donors (Lipinski definition) is 2. The largest absolute Gasteiger partial charge is 0.409 e. The number of methoxy groups -OCH3 is 1. The smallest absolute Gasteiger partial charge is 0.140 e. The molecule has 0 heterocycles. The van der Waals surface area contributed by atoms with Gasteiger partial charge < -0.3 is 25.5 Å². The molecule has 0 atom stereocenters. The summed E-state index contributed by atoms with van der Waals surface area (Å²) in [4.78, 5) is 4.43. The summed E-state index contributed by atoms with van der Waals surface area (Å²) >= 11 is 0. The highest BCUT2D eigenvalue weighted by atomic mass is 16.5. The third-order valence-corrected chi connectivity index (χ3v) is 2.50. The zero-order valence-electron chi connectivity index (χ0n) is 11.2. The maximum absolute atomic E-state index is 8.49. The summed E-state index contributed by atoms with van der Waals surface area (Å²) in [5.74, 6) is 0.278. The Hall–Kier alpha value is -0.850. The van der Waals surface area contributed by atoms with Crippen LogP contribution in [0.5, 0.6) is 0 Å². The van der Waals surface area contributed by atoms with E-state index >= 15 is 0 Å². The molecule has 0 rings (SSSR count). The van der Waals surface area contributed by atoms with Gasteiger partial charge in [0.2, 0.25) is 0 Å². The van der Waals surface area contributed by atoms with Crippen molar-refractivity contribution in [3.63, 3.8) is 0 Å². The number of hydrogen-bond acceptors (Lipinski definition) is 5. The van der Waals surface area contributed by atoms with Crippen LogP contribution in [0, 0.1) is 0 Å². The molecule has 0 aliphatic heterocycles. The molecule has 0 saturated heterocycles. The van der Waals surface area contributed by atoms with Crippen LogP contribution in [0.25, 0.3) is 0 Å². The van der Waals surface area contributed by atoms with Gasteiger partial charge in [-0.05, 0) is 33.6 Å². The lowest BCUT2D eigenvalue weighted by atomic mass is 10.3. The summed E-state index contributed by atoms with van der Waals surface area (Å²) < 4.78 is 5.07. The van der Waals surface area contributed by atoms with E-state index in [1.165, 1.54) is 0 Å². The third-order valence-electron chi connectivity index (χ3n) is 2.50. The van der Waals surface area contributed by atoms with Gasteiger partial charge in [0.1, 0.15) is 5.84 Å². The number of oxime groups is 1. The lowest BCUT2D eigenvalue weighted by molar-refractivity contribution is 0.146. The quantitative estimate of drug-likeness (QED) is 0.246. The van der Waals surface area contributed by atoms with Gasteiger partial charge in [0.25, 0.3) is 0 Å². The van der Waals surface area contributed by atoms with Gasteiger partial charge in [-0.25, -0.2) is 0 Å². The molecule has 0 unspecified atom stereocenters. The van der Waals surface area contributed by atoms with Crippen molar-refractivity contribution in [2.45, 2.75) is 12.8 Å². The van der Waals surface area contributed by atoms with E-state index < -0.39 is 0 Å². The first-order chi connectivity index (χ1) is 8.10. The highest BCUT2D eigenvalue weighted by Gasteiger charge is 2.06. The summed E-state index contributed by atoms with van der Waals surface area (Å²) in [6.45, 7) is 4.45. The first-order valence-corrected chi connectivity index (χ1v) is 5.92. The summed E-state index contributed by atoms with van der Waals surface area (Å²) in [5.41, 5.74) is 5.46. The Morgan fingerprint density at radius 2 is 1.94 bits per heavy atom. The minimum Gasteiger partial charge on any atom is -0.409 e. The summed E-state index contributed by atoms with van der Waals surface area (Å²) in [7, 11) is 5.83. The van der Waals surface area contributed by atoms with Crippen molar-refractivity contribution in [1.82, 2.24) is 9.80 Å². The summed E-state index contributed by atoms with van der Waals surface area (Å²) in [6, 6.07) is 0. The predicted octanol–water partition coefficient (Wildman–Crippen LogP) is 0.0230. The predicted molar refractivity (Wildman–Crippen MR) is 69.5 cm³/mol.